The van der Waals surface area contributed by atoms with Gasteiger partial charge in [0.2, 0.25) is 11.8 Å². The average molecular weight is 349 g/mol. The highest BCUT2D eigenvalue weighted by Gasteiger charge is 2.33. The van der Waals surface area contributed by atoms with Crippen molar-refractivity contribution >= 4 is 29.5 Å². The molecule has 0 bridgehead atoms. The van der Waals surface area contributed by atoms with Gasteiger partial charge in [0.05, 0.1) is 10.6 Å². The summed E-state index contributed by atoms with van der Waals surface area (Å²) in [4.78, 5) is 23.1. The maximum atomic E-state index is 12.7. The van der Waals surface area contributed by atoms with Crippen molar-refractivity contribution in [1.82, 2.24) is 10.6 Å². The molecule has 0 saturated carbocycles. The second-order valence-corrected chi connectivity index (χ2v) is 5.10. The fraction of sp³-hybridized carbons (Fsp3) is 0.333. The van der Waals surface area contributed by atoms with Crippen molar-refractivity contribution in [3.63, 3.8) is 0 Å². The maximum Gasteiger partial charge on any atom is 0.417 e. The molecule has 0 spiro atoms. The predicted molar refractivity (Wildman–Crippen MR) is 81.8 cm³/mol. The molecule has 23 heavy (non-hydrogen) atoms. The van der Waals surface area contributed by atoms with Crippen molar-refractivity contribution in [3.8, 4) is 0 Å². The first-order valence-electron chi connectivity index (χ1n) is 6.78. The van der Waals surface area contributed by atoms with Crippen LogP contribution in [0.1, 0.15) is 25.0 Å². The Morgan fingerprint density at radius 3 is 2.57 bits per heavy atom. The fourth-order valence-corrected chi connectivity index (χ4v) is 1.91. The first-order chi connectivity index (χ1) is 10.6. The molecule has 2 N–H and O–H groups in total. The summed E-state index contributed by atoms with van der Waals surface area (Å²) in [6, 6.07) is 2.57. The topological polar surface area (TPSA) is 58.2 Å². The van der Waals surface area contributed by atoms with Gasteiger partial charge in [-0.25, -0.2) is 0 Å². The molecule has 0 saturated heterocycles. The van der Waals surface area contributed by atoms with E-state index in [0.29, 0.717) is 6.54 Å². The van der Waals surface area contributed by atoms with Crippen LogP contribution in [0.15, 0.2) is 24.3 Å². The average Bonchev–Trinajstić information content (AvgIpc) is 2.45. The summed E-state index contributed by atoms with van der Waals surface area (Å²) >= 11 is 5.51. The summed E-state index contributed by atoms with van der Waals surface area (Å²) in [5.74, 6) is -0.938. The van der Waals surface area contributed by atoms with Crippen LogP contribution in [-0.2, 0) is 15.8 Å². The molecule has 0 aromatic heterocycles. The molecule has 0 fully saturated rings. The maximum absolute atomic E-state index is 12.7. The van der Waals surface area contributed by atoms with E-state index < -0.39 is 28.7 Å². The number of benzene rings is 1. The lowest BCUT2D eigenvalue weighted by molar-refractivity contribution is -0.137. The zero-order chi connectivity index (χ0) is 17.6. The van der Waals surface area contributed by atoms with Crippen LogP contribution in [0.2, 0.25) is 5.02 Å². The quantitative estimate of drug-likeness (QED) is 0.804. The molecule has 0 unspecified atom stereocenters. The highest BCUT2D eigenvalue weighted by Crippen LogP contribution is 2.35. The van der Waals surface area contributed by atoms with E-state index in [1.54, 1.807) is 6.92 Å². The monoisotopic (exact) mass is 348 g/mol. The molecular weight excluding hydrogens is 333 g/mol. The Balaban J connectivity index is 2.78. The van der Waals surface area contributed by atoms with Crippen molar-refractivity contribution in [1.29, 1.82) is 0 Å². The van der Waals surface area contributed by atoms with Crippen LogP contribution in [0.25, 0.3) is 6.08 Å². The zero-order valence-electron chi connectivity index (χ0n) is 12.5. The third kappa shape index (κ3) is 5.94. The van der Waals surface area contributed by atoms with Crippen LogP contribution in [0.3, 0.4) is 0 Å². The van der Waals surface area contributed by atoms with E-state index in [-0.39, 0.29) is 11.5 Å². The lowest BCUT2D eigenvalue weighted by Crippen LogP contribution is -2.44. The highest BCUT2D eigenvalue weighted by atomic mass is 35.5. The van der Waals surface area contributed by atoms with Gasteiger partial charge < -0.3 is 10.6 Å². The molecule has 0 heterocycles. The van der Waals surface area contributed by atoms with Crippen LogP contribution < -0.4 is 10.6 Å². The van der Waals surface area contributed by atoms with Gasteiger partial charge in [-0.3, -0.25) is 9.59 Å². The van der Waals surface area contributed by atoms with Gasteiger partial charge in [-0.1, -0.05) is 17.7 Å². The van der Waals surface area contributed by atoms with Gasteiger partial charge in [-0.15, -0.1) is 0 Å². The number of amides is 2. The third-order valence-corrected chi connectivity index (χ3v) is 3.16. The van der Waals surface area contributed by atoms with Crippen LogP contribution in [0.5, 0.6) is 0 Å². The summed E-state index contributed by atoms with van der Waals surface area (Å²) in [6.07, 6.45) is -2.31. The number of carbonyl (C=O) groups excluding carboxylic acids is 2. The Morgan fingerprint density at radius 2 is 2.00 bits per heavy atom. The predicted octanol–water partition coefficient (Wildman–Crippen LogP) is 3.01. The number of likely N-dealkylation sites (N-methyl/N-ethyl adjacent to an activating group) is 1. The summed E-state index contributed by atoms with van der Waals surface area (Å²) < 4.78 is 38.2. The van der Waals surface area contributed by atoms with Gasteiger partial charge in [0.1, 0.15) is 6.04 Å². The number of nitrogens with one attached hydrogen (secondary N) is 2. The van der Waals surface area contributed by atoms with Crippen LogP contribution in [-0.4, -0.2) is 24.4 Å². The summed E-state index contributed by atoms with van der Waals surface area (Å²) in [5, 5.41) is 4.53. The van der Waals surface area contributed by atoms with Crippen molar-refractivity contribution in [2.75, 3.05) is 6.54 Å². The van der Waals surface area contributed by atoms with Gasteiger partial charge in [0, 0.05) is 12.6 Å². The SMILES string of the molecule is CCNC(=O)[C@H](C)NC(=O)/C=C/c1ccc(Cl)c(C(F)(F)F)c1. The van der Waals surface area contributed by atoms with Crippen molar-refractivity contribution in [2.24, 2.45) is 0 Å². The summed E-state index contributed by atoms with van der Waals surface area (Å²) in [7, 11) is 0. The Kier molecular flexibility index (Phi) is 6.62. The van der Waals surface area contributed by atoms with E-state index in [1.165, 1.54) is 19.1 Å². The Labute approximate surface area is 136 Å². The normalized spacial score (nSPS) is 13.0. The van der Waals surface area contributed by atoms with Gasteiger partial charge in [-0.05, 0) is 37.6 Å². The molecule has 4 nitrogen and oxygen atoms in total. The third-order valence-electron chi connectivity index (χ3n) is 2.83. The Morgan fingerprint density at radius 1 is 1.35 bits per heavy atom. The second kappa shape index (κ2) is 8.01. The molecule has 0 aliphatic rings. The van der Waals surface area contributed by atoms with Gasteiger partial charge in [0.25, 0.3) is 0 Å². The lowest BCUT2D eigenvalue weighted by Gasteiger charge is -2.11. The molecule has 1 aromatic carbocycles. The lowest BCUT2D eigenvalue weighted by atomic mass is 10.1. The summed E-state index contributed by atoms with van der Waals surface area (Å²) in [6.45, 7) is 3.67. The first-order valence-corrected chi connectivity index (χ1v) is 7.16. The minimum Gasteiger partial charge on any atom is -0.355 e. The van der Waals surface area contributed by atoms with Gasteiger partial charge in [-0.2, -0.15) is 13.2 Å². The van der Waals surface area contributed by atoms with Crippen molar-refractivity contribution < 1.29 is 22.8 Å². The Hall–Kier alpha value is -2.02. The van der Waals surface area contributed by atoms with Crippen molar-refractivity contribution in [3.05, 3.63) is 40.4 Å². The van der Waals surface area contributed by atoms with E-state index in [4.69, 9.17) is 11.6 Å². The number of hydrogen-bond donors (Lipinski definition) is 2. The van der Waals surface area contributed by atoms with Crippen LogP contribution in [0, 0.1) is 0 Å². The molecule has 0 radical (unpaired) electrons. The standard InChI is InChI=1S/C15H16ClF3N2O2/c1-3-20-14(23)9(2)21-13(22)7-5-10-4-6-12(16)11(8-10)15(17,18)19/h4-9H,3H2,1-2H3,(H,20,23)(H,21,22)/b7-5+/t9-/m0/s1. The molecule has 1 aromatic rings. The largest absolute Gasteiger partial charge is 0.417 e. The minimum atomic E-state index is -4.57. The molecule has 1 atom stereocenters. The van der Waals surface area contributed by atoms with E-state index in [0.717, 1.165) is 18.2 Å². The van der Waals surface area contributed by atoms with E-state index in [2.05, 4.69) is 10.6 Å². The number of carbonyl (C=O) groups is 2. The Bertz CT molecular complexity index is 615. The molecule has 8 heteroatoms. The van der Waals surface area contributed by atoms with Crippen molar-refractivity contribution in [2.45, 2.75) is 26.1 Å². The van der Waals surface area contributed by atoms with Gasteiger partial charge in [0.15, 0.2) is 0 Å². The minimum absolute atomic E-state index is 0.169. The first kappa shape index (κ1) is 19.0. The van der Waals surface area contributed by atoms with E-state index >= 15 is 0 Å². The molecule has 1 rings (SSSR count). The fourth-order valence-electron chi connectivity index (χ4n) is 1.69. The van der Waals surface area contributed by atoms with E-state index in [1.807, 2.05) is 0 Å². The highest BCUT2D eigenvalue weighted by molar-refractivity contribution is 6.31. The molecule has 2 amide bonds. The number of alkyl halides is 3. The number of halogens is 4. The van der Waals surface area contributed by atoms with Gasteiger partial charge >= 0.3 is 6.18 Å². The van der Waals surface area contributed by atoms with Crippen LogP contribution >= 0.6 is 11.6 Å². The van der Waals surface area contributed by atoms with Crippen LogP contribution in [0.4, 0.5) is 13.2 Å². The molecule has 126 valence electrons. The number of hydrogen-bond acceptors (Lipinski definition) is 2. The second-order valence-electron chi connectivity index (χ2n) is 4.70. The van der Waals surface area contributed by atoms with E-state index in [9.17, 15) is 22.8 Å². The zero-order valence-corrected chi connectivity index (χ0v) is 13.3. The molecular formula is C15H16ClF3N2O2. The number of rotatable bonds is 5. The smallest absolute Gasteiger partial charge is 0.355 e. The summed E-state index contributed by atoms with van der Waals surface area (Å²) in [5.41, 5.74) is -0.806. The molecule has 0 aliphatic carbocycles. The molecule has 0 aliphatic heterocycles.